The number of rotatable bonds is 3. The van der Waals surface area contributed by atoms with Crippen LogP contribution in [0.25, 0.3) is 16.7 Å². The summed E-state index contributed by atoms with van der Waals surface area (Å²) >= 11 is 0. The minimum absolute atomic E-state index is 0.121. The summed E-state index contributed by atoms with van der Waals surface area (Å²) in [7, 11) is 2.02. The summed E-state index contributed by atoms with van der Waals surface area (Å²) in [6.45, 7) is 1.24. The Labute approximate surface area is 184 Å². The molecule has 0 saturated carbocycles. The number of piperidine rings is 1. The molecule has 0 spiro atoms. The van der Waals surface area contributed by atoms with Crippen molar-refractivity contribution >= 4 is 16.9 Å². The van der Waals surface area contributed by atoms with Crippen molar-refractivity contribution < 1.29 is 9.18 Å². The lowest BCUT2D eigenvalue weighted by Crippen LogP contribution is -2.40. The number of hydrogen-bond acceptors (Lipinski definition) is 3. The zero-order chi connectivity index (χ0) is 22.2. The van der Waals surface area contributed by atoms with E-state index in [1.165, 1.54) is 41.1 Å². The second-order valence-corrected chi connectivity index (χ2v) is 8.21. The predicted octanol–water partition coefficient (Wildman–Crippen LogP) is 3.88. The number of carbonyl (C=O) groups excluding carboxylic acids is 1. The maximum absolute atomic E-state index is 13.3. The molecule has 4 aromatic rings. The van der Waals surface area contributed by atoms with Gasteiger partial charge in [-0.1, -0.05) is 12.1 Å². The second-order valence-electron chi connectivity index (χ2n) is 8.21. The summed E-state index contributed by atoms with van der Waals surface area (Å²) in [4.78, 5) is 32.3. The van der Waals surface area contributed by atoms with Crippen LogP contribution in [0.15, 0.2) is 71.7 Å². The van der Waals surface area contributed by atoms with Gasteiger partial charge in [-0.3, -0.25) is 14.2 Å². The number of amides is 1. The number of likely N-dealkylation sites (tertiary alicyclic amines) is 1. The number of fused-ring (bicyclic) bond motifs is 1. The van der Waals surface area contributed by atoms with Crippen LogP contribution in [0.3, 0.4) is 0 Å². The van der Waals surface area contributed by atoms with Gasteiger partial charge in [0.05, 0.1) is 16.6 Å². The highest BCUT2D eigenvalue weighted by Gasteiger charge is 2.28. The summed E-state index contributed by atoms with van der Waals surface area (Å²) in [5.41, 5.74) is 2.71. The third-order valence-electron chi connectivity index (χ3n) is 6.16. The quantitative estimate of drug-likeness (QED) is 0.496. The van der Waals surface area contributed by atoms with E-state index in [1.54, 1.807) is 6.07 Å². The first-order valence-corrected chi connectivity index (χ1v) is 10.7. The minimum atomic E-state index is -0.379. The molecule has 2 aromatic heterocycles. The lowest BCUT2D eigenvalue weighted by Gasteiger charge is -2.32. The Kier molecular flexibility index (Phi) is 5.09. The van der Waals surface area contributed by atoms with Crippen LogP contribution in [-0.4, -0.2) is 38.0 Å². The van der Waals surface area contributed by atoms with E-state index >= 15 is 0 Å². The molecule has 1 aliphatic heterocycles. The highest BCUT2D eigenvalue weighted by Crippen LogP contribution is 2.29. The third kappa shape index (κ3) is 3.60. The standard InChI is InChI=1S/C25H23FN4O2/c1-28-22-7-3-2-6-21(22)27-24(28)17-5-4-14-29(15-17)25(32)18-8-13-23(31)30(16-18)20-11-9-19(26)10-12-20/h2-3,6-13,16-17H,4-5,14-15H2,1H3. The molecule has 0 bridgehead atoms. The number of pyridine rings is 1. The van der Waals surface area contributed by atoms with Crippen LogP contribution >= 0.6 is 0 Å². The lowest BCUT2D eigenvalue weighted by molar-refractivity contribution is 0.0703. The number of hydrogen-bond donors (Lipinski definition) is 0. The Balaban J connectivity index is 1.42. The molecule has 0 aliphatic carbocycles. The number of aryl methyl sites for hydroxylation is 1. The molecular formula is C25H23FN4O2. The van der Waals surface area contributed by atoms with Crippen molar-refractivity contribution in [3.8, 4) is 5.69 Å². The highest BCUT2D eigenvalue weighted by atomic mass is 19.1. The van der Waals surface area contributed by atoms with E-state index < -0.39 is 0 Å². The molecule has 32 heavy (non-hydrogen) atoms. The number of nitrogens with zero attached hydrogens (tertiary/aromatic N) is 4. The van der Waals surface area contributed by atoms with Crippen LogP contribution in [0.4, 0.5) is 4.39 Å². The van der Waals surface area contributed by atoms with Gasteiger partial charge in [0.25, 0.3) is 11.5 Å². The Morgan fingerprint density at radius 3 is 2.62 bits per heavy atom. The molecular weight excluding hydrogens is 407 g/mol. The molecule has 1 unspecified atom stereocenters. The van der Waals surface area contributed by atoms with Gasteiger partial charge in [-0.25, -0.2) is 9.37 Å². The molecule has 1 atom stereocenters. The van der Waals surface area contributed by atoms with E-state index in [0.29, 0.717) is 24.3 Å². The van der Waals surface area contributed by atoms with E-state index in [1.807, 2.05) is 30.1 Å². The van der Waals surface area contributed by atoms with Gasteiger partial charge in [0.15, 0.2) is 0 Å². The van der Waals surface area contributed by atoms with Crippen molar-refractivity contribution in [1.82, 2.24) is 19.0 Å². The SMILES string of the molecule is Cn1c(C2CCCN(C(=O)c3ccc(=O)n(-c4ccc(F)cc4)c3)C2)nc2ccccc21. The fourth-order valence-corrected chi connectivity index (χ4v) is 4.50. The third-order valence-corrected chi connectivity index (χ3v) is 6.16. The molecule has 3 heterocycles. The van der Waals surface area contributed by atoms with Crippen molar-refractivity contribution in [2.45, 2.75) is 18.8 Å². The van der Waals surface area contributed by atoms with Crippen LogP contribution in [0.2, 0.25) is 0 Å². The van der Waals surface area contributed by atoms with Crippen LogP contribution in [-0.2, 0) is 7.05 Å². The van der Waals surface area contributed by atoms with E-state index in [2.05, 4.69) is 10.6 Å². The Morgan fingerprint density at radius 2 is 1.84 bits per heavy atom. The van der Waals surface area contributed by atoms with Gasteiger partial charge in [-0.05, 0) is 55.3 Å². The van der Waals surface area contributed by atoms with Gasteiger partial charge in [0.2, 0.25) is 0 Å². The van der Waals surface area contributed by atoms with Crippen molar-refractivity contribution in [2.75, 3.05) is 13.1 Å². The van der Waals surface area contributed by atoms with Crippen LogP contribution in [0.5, 0.6) is 0 Å². The monoisotopic (exact) mass is 430 g/mol. The second kappa shape index (κ2) is 8.07. The van der Waals surface area contributed by atoms with Crippen molar-refractivity contribution in [2.24, 2.45) is 7.05 Å². The maximum Gasteiger partial charge on any atom is 0.255 e. The van der Waals surface area contributed by atoms with E-state index in [4.69, 9.17) is 4.98 Å². The molecule has 2 aromatic carbocycles. The Morgan fingerprint density at radius 1 is 1.06 bits per heavy atom. The summed E-state index contributed by atoms with van der Waals surface area (Å²) in [6.07, 6.45) is 3.39. The van der Waals surface area contributed by atoms with Gasteiger partial charge >= 0.3 is 0 Å². The Hall–Kier alpha value is -3.74. The number of halogens is 1. The molecule has 1 fully saturated rings. The lowest BCUT2D eigenvalue weighted by atomic mass is 9.96. The summed E-state index contributed by atoms with van der Waals surface area (Å²) in [5, 5.41) is 0. The van der Waals surface area contributed by atoms with Crippen LogP contribution < -0.4 is 5.56 Å². The summed E-state index contributed by atoms with van der Waals surface area (Å²) in [5.74, 6) is 0.632. The predicted molar refractivity (Wildman–Crippen MR) is 121 cm³/mol. The maximum atomic E-state index is 13.3. The number of aromatic nitrogens is 3. The zero-order valence-corrected chi connectivity index (χ0v) is 17.7. The average molecular weight is 430 g/mol. The highest BCUT2D eigenvalue weighted by molar-refractivity contribution is 5.94. The van der Waals surface area contributed by atoms with E-state index in [-0.39, 0.29) is 23.2 Å². The van der Waals surface area contributed by atoms with Gasteiger partial charge in [0, 0.05) is 44.0 Å². The van der Waals surface area contributed by atoms with Gasteiger partial charge in [0.1, 0.15) is 11.6 Å². The first-order chi connectivity index (χ1) is 15.5. The zero-order valence-electron chi connectivity index (χ0n) is 17.7. The normalized spacial score (nSPS) is 16.4. The first kappa shape index (κ1) is 20.2. The molecule has 0 N–H and O–H groups in total. The fourth-order valence-electron chi connectivity index (χ4n) is 4.50. The Bertz CT molecular complexity index is 1360. The van der Waals surface area contributed by atoms with E-state index in [0.717, 1.165) is 29.7 Å². The number of imidazole rings is 1. The minimum Gasteiger partial charge on any atom is -0.338 e. The van der Waals surface area contributed by atoms with E-state index in [9.17, 15) is 14.0 Å². The van der Waals surface area contributed by atoms with Crippen molar-refractivity contribution in [3.63, 3.8) is 0 Å². The summed E-state index contributed by atoms with van der Waals surface area (Å²) in [6, 6.07) is 16.6. The number of benzene rings is 2. The van der Waals surface area contributed by atoms with Crippen molar-refractivity contribution in [3.05, 3.63) is 94.4 Å². The molecule has 7 heteroatoms. The molecule has 162 valence electrons. The topological polar surface area (TPSA) is 60.1 Å². The molecule has 1 amide bonds. The van der Waals surface area contributed by atoms with Gasteiger partial charge in [-0.15, -0.1) is 0 Å². The molecule has 6 nitrogen and oxygen atoms in total. The number of para-hydroxylation sites is 2. The first-order valence-electron chi connectivity index (χ1n) is 10.7. The largest absolute Gasteiger partial charge is 0.338 e. The van der Waals surface area contributed by atoms with Crippen LogP contribution in [0.1, 0.15) is 34.9 Å². The fraction of sp³-hybridized carbons (Fsp3) is 0.240. The number of carbonyl (C=O) groups is 1. The molecule has 5 rings (SSSR count). The molecule has 1 aliphatic rings. The summed E-state index contributed by atoms with van der Waals surface area (Å²) < 4.78 is 16.8. The van der Waals surface area contributed by atoms with Gasteiger partial charge in [-0.2, -0.15) is 0 Å². The smallest absolute Gasteiger partial charge is 0.255 e. The van der Waals surface area contributed by atoms with Crippen LogP contribution in [0, 0.1) is 5.82 Å². The van der Waals surface area contributed by atoms with Crippen molar-refractivity contribution in [1.29, 1.82) is 0 Å². The molecule has 1 saturated heterocycles. The molecule has 0 radical (unpaired) electrons. The van der Waals surface area contributed by atoms with Gasteiger partial charge < -0.3 is 9.47 Å². The average Bonchev–Trinajstić information content (AvgIpc) is 3.16.